The molecule has 7 heteroatoms. The summed E-state index contributed by atoms with van der Waals surface area (Å²) >= 11 is 11.8. The standard InChI is InChI=1S/C12H8Cl2F2N2O/c1-6-9(13)17-11(18-10(6)14)7-4-2-3-5-8(7)19-12(15)16/h2-5,12H,1H3. The van der Waals surface area contributed by atoms with Gasteiger partial charge in [-0.05, 0) is 19.1 Å². The molecule has 100 valence electrons. The Kier molecular flexibility index (Phi) is 4.17. The highest BCUT2D eigenvalue weighted by Gasteiger charge is 2.15. The number of benzene rings is 1. The van der Waals surface area contributed by atoms with Gasteiger partial charge in [-0.2, -0.15) is 8.78 Å². The van der Waals surface area contributed by atoms with Crippen LogP contribution in [-0.2, 0) is 0 Å². The van der Waals surface area contributed by atoms with E-state index < -0.39 is 6.61 Å². The Morgan fingerprint density at radius 3 is 2.26 bits per heavy atom. The zero-order valence-electron chi connectivity index (χ0n) is 9.70. The molecule has 1 heterocycles. The molecule has 0 atom stereocenters. The van der Waals surface area contributed by atoms with Crippen molar-refractivity contribution in [1.29, 1.82) is 0 Å². The summed E-state index contributed by atoms with van der Waals surface area (Å²) in [7, 11) is 0. The van der Waals surface area contributed by atoms with Crippen LogP contribution in [0.15, 0.2) is 24.3 Å². The van der Waals surface area contributed by atoms with Gasteiger partial charge in [0.2, 0.25) is 0 Å². The van der Waals surface area contributed by atoms with Gasteiger partial charge in [-0.15, -0.1) is 0 Å². The number of nitrogens with zero attached hydrogens (tertiary/aromatic N) is 2. The molecule has 0 aliphatic rings. The molecule has 1 aromatic carbocycles. The molecular weight excluding hydrogens is 297 g/mol. The predicted octanol–water partition coefficient (Wildman–Crippen LogP) is 4.36. The van der Waals surface area contributed by atoms with Crippen molar-refractivity contribution >= 4 is 23.2 Å². The highest BCUT2D eigenvalue weighted by atomic mass is 35.5. The first-order valence-electron chi connectivity index (χ1n) is 5.23. The third-order valence-corrected chi connectivity index (χ3v) is 3.11. The molecule has 0 bridgehead atoms. The fourth-order valence-electron chi connectivity index (χ4n) is 1.43. The topological polar surface area (TPSA) is 35.0 Å². The van der Waals surface area contributed by atoms with Crippen molar-refractivity contribution in [2.75, 3.05) is 0 Å². The van der Waals surface area contributed by atoms with E-state index in [0.29, 0.717) is 11.1 Å². The first-order chi connectivity index (χ1) is 8.99. The largest absolute Gasteiger partial charge is 0.434 e. The summed E-state index contributed by atoms with van der Waals surface area (Å²) in [5, 5.41) is 0.337. The van der Waals surface area contributed by atoms with Crippen molar-refractivity contribution in [3.8, 4) is 17.1 Å². The fraction of sp³-hybridized carbons (Fsp3) is 0.167. The SMILES string of the molecule is Cc1c(Cl)nc(-c2ccccc2OC(F)F)nc1Cl. The predicted molar refractivity (Wildman–Crippen MR) is 68.9 cm³/mol. The maximum absolute atomic E-state index is 12.3. The van der Waals surface area contributed by atoms with E-state index in [0.717, 1.165) is 0 Å². The third kappa shape index (κ3) is 3.11. The lowest BCUT2D eigenvalue weighted by Gasteiger charge is -2.10. The molecule has 0 unspecified atom stereocenters. The van der Waals surface area contributed by atoms with Crippen molar-refractivity contribution in [2.45, 2.75) is 13.5 Å². The van der Waals surface area contributed by atoms with Crippen molar-refractivity contribution < 1.29 is 13.5 Å². The summed E-state index contributed by atoms with van der Waals surface area (Å²) in [4.78, 5) is 8.03. The van der Waals surface area contributed by atoms with E-state index in [-0.39, 0.29) is 21.9 Å². The molecule has 0 fully saturated rings. The van der Waals surface area contributed by atoms with E-state index in [1.54, 1.807) is 25.1 Å². The zero-order valence-corrected chi connectivity index (χ0v) is 11.2. The molecule has 0 aliphatic carbocycles. The van der Waals surface area contributed by atoms with Crippen LogP contribution in [0.4, 0.5) is 8.78 Å². The number of hydrogen-bond acceptors (Lipinski definition) is 3. The maximum Gasteiger partial charge on any atom is 0.387 e. The van der Waals surface area contributed by atoms with Gasteiger partial charge in [0, 0.05) is 5.56 Å². The molecule has 0 aliphatic heterocycles. The van der Waals surface area contributed by atoms with Gasteiger partial charge in [0.25, 0.3) is 0 Å². The van der Waals surface area contributed by atoms with Crippen LogP contribution < -0.4 is 4.74 Å². The molecule has 1 aromatic heterocycles. The Morgan fingerprint density at radius 1 is 1.11 bits per heavy atom. The molecular formula is C12H8Cl2F2N2O. The Balaban J connectivity index is 2.53. The van der Waals surface area contributed by atoms with Gasteiger partial charge in [-0.1, -0.05) is 35.3 Å². The van der Waals surface area contributed by atoms with Crippen LogP contribution in [0.3, 0.4) is 0 Å². The molecule has 0 radical (unpaired) electrons. The lowest BCUT2D eigenvalue weighted by molar-refractivity contribution is -0.0494. The summed E-state index contributed by atoms with van der Waals surface area (Å²) in [6.07, 6.45) is 0. The molecule has 0 saturated carbocycles. The van der Waals surface area contributed by atoms with E-state index in [9.17, 15) is 8.78 Å². The second-order valence-electron chi connectivity index (χ2n) is 3.63. The molecule has 2 rings (SSSR count). The summed E-state index contributed by atoms with van der Waals surface area (Å²) in [5.74, 6) is 0.102. The third-order valence-electron chi connectivity index (χ3n) is 2.37. The summed E-state index contributed by atoms with van der Waals surface area (Å²) in [5.41, 5.74) is 0.825. The number of rotatable bonds is 3. The zero-order chi connectivity index (χ0) is 14.0. The van der Waals surface area contributed by atoms with Crippen LogP contribution in [0.2, 0.25) is 10.3 Å². The molecule has 0 N–H and O–H groups in total. The fourth-order valence-corrected chi connectivity index (χ4v) is 1.82. The van der Waals surface area contributed by atoms with Gasteiger partial charge < -0.3 is 4.74 Å². The van der Waals surface area contributed by atoms with E-state index in [1.165, 1.54) is 6.07 Å². The number of alkyl halides is 2. The normalized spacial score (nSPS) is 10.8. The minimum absolute atomic E-state index is 0.0338. The minimum Gasteiger partial charge on any atom is -0.434 e. The molecule has 3 nitrogen and oxygen atoms in total. The molecule has 0 amide bonds. The van der Waals surface area contributed by atoms with Crippen LogP contribution in [0.25, 0.3) is 11.4 Å². The van der Waals surface area contributed by atoms with Gasteiger partial charge in [0.05, 0.1) is 5.56 Å². The summed E-state index contributed by atoms with van der Waals surface area (Å²) in [6, 6.07) is 6.17. The van der Waals surface area contributed by atoms with Gasteiger partial charge in [0.1, 0.15) is 16.1 Å². The van der Waals surface area contributed by atoms with Crippen LogP contribution in [0.5, 0.6) is 5.75 Å². The van der Waals surface area contributed by atoms with Gasteiger partial charge in [-0.25, -0.2) is 9.97 Å². The number of para-hydroxylation sites is 1. The minimum atomic E-state index is -2.93. The summed E-state index contributed by atoms with van der Waals surface area (Å²) < 4.78 is 29.1. The van der Waals surface area contributed by atoms with E-state index in [1.807, 2.05) is 0 Å². The lowest BCUT2D eigenvalue weighted by atomic mass is 10.2. The Bertz CT molecular complexity index is 585. The first-order valence-corrected chi connectivity index (χ1v) is 5.98. The Morgan fingerprint density at radius 2 is 1.68 bits per heavy atom. The van der Waals surface area contributed by atoms with Crippen molar-refractivity contribution in [3.63, 3.8) is 0 Å². The van der Waals surface area contributed by atoms with Gasteiger partial charge in [-0.3, -0.25) is 0 Å². The number of halogens is 4. The second-order valence-corrected chi connectivity index (χ2v) is 4.34. The van der Waals surface area contributed by atoms with Crippen LogP contribution in [0, 0.1) is 6.92 Å². The summed E-state index contributed by atoms with van der Waals surface area (Å²) in [6.45, 7) is -1.27. The van der Waals surface area contributed by atoms with E-state index in [4.69, 9.17) is 23.2 Å². The van der Waals surface area contributed by atoms with Gasteiger partial charge >= 0.3 is 6.61 Å². The quantitative estimate of drug-likeness (QED) is 0.790. The smallest absolute Gasteiger partial charge is 0.387 e. The molecule has 0 spiro atoms. The average molecular weight is 305 g/mol. The van der Waals surface area contributed by atoms with Crippen molar-refractivity contribution in [1.82, 2.24) is 9.97 Å². The second kappa shape index (κ2) is 5.67. The number of aromatic nitrogens is 2. The molecule has 0 saturated heterocycles. The number of ether oxygens (including phenoxy) is 1. The van der Waals surface area contributed by atoms with E-state index >= 15 is 0 Å². The van der Waals surface area contributed by atoms with Gasteiger partial charge in [0.15, 0.2) is 5.82 Å². The Labute approximate surface area is 118 Å². The lowest BCUT2D eigenvalue weighted by Crippen LogP contribution is -2.04. The molecule has 19 heavy (non-hydrogen) atoms. The average Bonchev–Trinajstić information content (AvgIpc) is 2.35. The van der Waals surface area contributed by atoms with E-state index in [2.05, 4.69) is 14.7 Å². The maximum atomic E-state index is 12.3. The number of hydrogen-bond donors (Lipinski definition) is 0. The first kappa shape index (κ1) is 14.0. The van der Waals surface area contributed by atoms with Crippen molar-refractivity contribution in [2.24, 2.45) is 0 Å². The van der Waals surface area contributed by atoms with Crippen LogP contribution in [0.1, 0.15) is 5.56 Å². The highest BCUT2D eigenvalue weighted by Crippen LogP contribution is 2.31. The highest BCUT2D eigenvalue weighted by molar-refractivity contribution is 6.34. The van der Waals surface area contributed by atoms with Crippen LogP contribution in [-0.4, -0.2) is 16.6 Å². The van der Waals surface area contributed by atoms with Crippen molar-refractivity contribution in [3.05, 3.63) is 40.1 Å². The van der Waals surface area contributed by atoms with Crippen LogP contribution >= 0.6 is 23.2 Å². The molecule has 2 aromatic rings. The monoisotopic (exact) mass is 304 g/mol. The Hall–Kier alpha value is -1.46.